The third-order valence-corrected chi connectivity index (χ3v) is 5.53. The van der Waals surface area contributed by atoms with Crippen LogP contribution in [-0.4, -0.2) is 29.2 Å². The van der Waals surface area contributed by atoms with Crippen molar-refractivity contribution in [3.63, 3.8) is 0 Å². The largest absolute Gasteiger partial charge is 0.361 e. The van der Waals surface area contributed by atoms with Crippen LogP contribution in [0, 0.1) is 0 Å². The number of aromatic nitrogens is 2. The number of rotatable bonds is 9. The first-order chi connectivity index (χ1) is 14.2. The number of thiazole rings is 1. The summed E-state index contributed by atoms with van der Waals surface area (Å²) < 4.78 is 5.44. The Balaban J connectivity index is 0.00000320. The van der Waals surface area contributed by atoms with Crippen LogP contribution in [0.2, 0.25) is 0 Å². The zero-order chi connectivity index (χ0) is 20.5. The molecule has 2 N–H and O–H groups in total. The molecular weight excluding hydrogens is 509 g/mol. The Kier molecular flexibility index (Phi) is 10.3. The predicted molar refractivity (Wildman–Crippen MR) is 135 cm³/mol. The van der Waals surface area contributed by atoms with Crippen LogP contribution in [0.5, 0.6) is 0 Å². The fraction of sp³-hybridized carbons (Fsp3) is 0.409. The molecule has 0 unspecified atom stereocenters. The van der Waals surface area contributed by atoms with E-state index < -0.39 is 0 Å². The van der Waals surface area contributed by atoms with E-state index in [2.05, 4.69) is 54.1 Å². The van der Waals surface area contributed by atoms with E-state index in [0.29, 0.717) is 6.54 Å². The van der Waals surface area contributed by atoms with Crippen molar-refractivity contribution in [1.82, 2.24) is 20.8 Å². The zero-order valence-electron chi connectivity index (χ0n) is 17.8. The van der Waals surface area contributed by atoms with E-state index >= 15 is 0 Å². The van der Waals surface area contributed by atoms with Crippen molar-refractivity contribution in [3.05, 3.63) is 58.4 Å². The van der Waals surface area contributed by atoms with Gasteiger partial charge in [0.05, 0.1) is 17.9 Å². The third kappa shape index (κ3) is 6.53. The quantitative estimate of drug-likeness (QED) is 0.231. The molecule has 0 amide bonds. The van der Waals surface area contributed by atoms with Crippen LogP contribution in [-0.2, 0) is 25.8 Å². The summed E-state index contributed by atoms with van der Waals surface area (Å²) in [5.74, 6) is 1.73. The number of aliphatic imine (C=N–C) groups is 1. The fourth-order valence-corrected chi connectivity index (χ4v) is 3.92. The third-order valence-electron chi connectivity index (χ3n) is 4.59. The lowest BCUT2D eigenvalue weighted by Gasteiger charge is -2.10. The highest BCUT2D eigenvalue weighted by molar-refractivity contribution is 14.0. The Bertz CT molecular complexity index is 901. The lowest BCUT2D eigenvalue weighted by atomic mass is 10.1. The second-order valence-corrected chi connectivity index (χ2v) is 7.48. The van der Waals surface area contributed by atoms with Crippen molar-refractivity contribution < 1.29 is 4.52 Å². The van der Waals surface area contributed by atoms with Gasteiger partial charge in [0, 0.05) is 42.4 Å². The van der Waals surface area contributed by atoms with Crippen LogP contribution in [0.4, 0.5) is 0 Å². The van der Waals surface area contributed by atoms with Crippen LogP contribution in [0.25, 0.3) is 10.6 Å². The van der Waals surface area contributed by atoms with Crippen LogP contribution < -0.4 is 10.6 Å². The normalized spacial score (nSPS) is 11.2. The van der Waals surface area contributed by atoms with E-state index in [9.17, 15) is 0 Å². The molecule has 0 spiro atoms. The van der Waals surface area contributed by atoms with Gasteiger partial charge in [-0.1, -0.05) is 49.3 Å². The number of hydrogen-bond acceptors (Lipinski definition) is 5. The van der Waals surface area contributed by atoms with Gasteiger partial charge in [-0.05, 0) is 13.3 Å². The Hall–Kier alpha value is -1.94. The molecule has 0 fully saturated rings. The molecule has 162 valence electrons. The average Bonchev–Trinajstić information content (AvgIpc) is 3.39. The van der Waals surface area contributed by atoms with Gasteiger partial charge >= 0.3 is 0 Å². The molecule has 0 radical (unpaired) electrons. The smallest absolute Gasteiger partial charge is 0.191 e. The van der Waals surface area contributed by atoms with Crippen molar-refractivity contribution in [3.8, 4) is 10.6 Å². The minimum absolute atomic E-state index is 0. The average molecular weight is 539 g/mol. The number of guanidine groups is 1. The molecule has 8 heteroatoms. The van der Waals surface area contributed by atoms with Gasteiger partial charge in [0.2, 0.25) is 0 Å². The lowest BCUT2D eigenvalue weighted by Crippen LogP contribution is -2.38. The number of nitrogens with one attached hydrogen (secondary N) is 2. The number of halogens is 1. The Morgan fingerprint density at radius 2 is 1.90 bits per heavy atom. The first-order valence-electron chi connectivity index (χ1n) is 10.2. The number of benzene rings is 1. The molecule has 0 aliphatic carbocycles. The fourth-order valence-electron chi connectivity index (χ4n) is 3.06. The number of hydrogen-bond donors (Lipinski definition) is 2. The van der Waals surface area contributed by atoms with Crippen molar-refractivity contribution in [2.45, 2.75) is 46.6 Å². The molecule has 0 aliphatic heterocycles. The van der Waals surface area contributed by atoms with Crippen LogP contribution in [0.3, 0.4) is 0 Å². The predicted octanol–water partition coefficient (Wildman–Crippen LogP) is 4.84. The first kappa shape index (κ1) is 24.3. The topological polar surface area (TPSA) is 75.3 Å². The van der Waals surface area contributed by atoms with Gasteiger partial charge in [-0.3, -0.25) is 0 Å². The Labute approximate surface area is 199 Å². The van der Waals surface area contributed by atoms with Crippen LogP contribution in [0.15, 0.2) is 45.2 Å². The summed E-state index contributed by atoms with van der Waals surface area (Å²) in [7, 11) is 0. The van der Waals surface area contributed by atoms with Gasteiger partial charge in [0.25, 0.3) is 0 Å². The zero-order valence-corrected chi connectivity index (χ0v) is 20.9. The summed E-state index contributed by atoms with van der Waals surface area (Å²) in [6, 6.07) is 10.3. The molecule has 0 atom stereocenters. The Morgan fingerprint density at radius 3 is 2.60 bits per heavy atom. The van der Waals surface area contributed by atoms with Gasteiger partial charge in [0.15, 0.2) is 5.96 Å². The summed E-state index contributed by atoms with van der Waals surface area (Å²) in [5.41, 5.74) is 4.37. The summed E-state index contributed by atoms with van der Waals surface area (Å²) in [5, 5.41) is 14.1. The van der Waals surface area contributed by atoms with Crippen molar-refractivity contribution >= 4 is 41.3 Å². The van der Waals surface area contributed by atoms with E-state index in [1.165, 1.54) is 5.56 Å². The van der Waals surface area contributed by atoms with Crippen molar-refractivity contribution in [1.29, 1.82) is 0 Å². The van der Waals surface area contributed by atoms with Crippen LogP contribution in [0.1, 0.15) is 43.5 Å². The Morgan fingerprint density at radius 1 is 1.10 bits per heavy atom. The molecule has 0 aliphatic rings. The van der Waals surface area contributed by atoms with Gasteiger partial charge in [0.1, 0.15) is 10.8 Å². The molecule has 6 nitrogen and oxygen atoms in total. The van der Waals surface area contributed by atoms with E-state index in [0.717, 1.165) is 66.0 Å². The van der Waals surface area contributed by atoms with Crippen LogP contribution >= 0.6 is 35.3 Å². The van der Waals surface area contributed by atoms with E-state index in [1.807, 2.05) is 18.2 Å². The lowest BCUT2D eigenvalue weighted by molar-refractivity contribution is 0.380. The summed E-state index contributed by atoms with van der Waals surface area (Å²) in [6.07, 6.45) is 2.53. The van der Waals surface area contributed by atoms with E-state index in [-0.39, 0.29) is 24.0 Å². The standard InChI is InChI=1S/C22H29N5OS.HI/c1-4-19-18(20(5-2)28-27-19)14-25-22(23-6-3)24-13-12-17-15-29-21(26-17)16-10-8-7-9-11-16;/h7-11,15H,4-6,12-14H2,1-3H3,(H2,23,24,25);1H. The van der Waals surface area contributed by atoms with Gasteiger partial charge in [-0.25, -0.2) is 9.98 Å². The first-order valence-corrected chi connectivity index (χ1v) is 11.1. The number of nitrogens with zero attached hydrogens (tertiary/aromatic N) is 3. The molecular formula is C22H30IN5OS. The minimum Gasteiger partial charge on any atom is -0.361 e. The highest BCUT2D eigenvalue weighted by Gasteiger charge is 2.13. The van der Waals surface area contributed by atoms with Gasteiger partial charge in [-0.15, -0.1) is 35.3 Å². The maximum Gasteiger partial charge on any atom is 0.191 e. The molecule has 30 heavy (non-hydrogen) atoms. The molecule has 3 aromatic rings. The monoisotopic (exact) mass is 539 g/mol. The summed E-state index contributed by atoms with van der Waals surface area (Å²) in [6.45, 7) is 8.39. The maximum atomic E-state index is 5.44. The molecule has 2 heterocycles. The number of aryl methyl sites for hydroxylation is 2. The second kappa shape index (κ2) is 12.7. The summed E-state index contributed by atoms with van der Waals surface area (Å²) in [4.78, 5) is 9.49. The van der Waals surface area contributed by atoms with E-state index in [1.54, 1.807) is 11.3 Å². The SMILES string of the molecule is CCNC(=NCc1c(CC)noc1CC)NCCc1csc(-c2ccccc2)n1.I. The molecule has 1 aromatic carbocycles. The van der Waals surface area contributed by atoms with Gasteiger partial charge in [-0.2, -0.15) is 0 Å². The molecule has 2 aromatic heterocycles. The van der Waals surface area contributed by atoms with Crippen molar-refractivity contribution in [2.24, 2.45) is 4.99 Å². The maximum absolute atomic E-state index is 5.44. The molecule has 0 saturated heterocycles. The highest BCUT2D eigenvalue weighted by Crippen LogP contribution is 2.23. The second-order valence-electron chi connectivity index (χ2n) is 6.62. The molecule has 0 saturated carbocycles. The molecule has 3 rings (SSSR count). The molecule has 0 bridgehead atoms. The van der Waals surface area contributed by atoms with Gasteiger partial charge < -0.3 is 15.2 Å². The van der Waals surface area contributed by atoms with E-state index in [4.69, 9.17) is 14.5 Å². The highest BCUT2D eigenvalue weighted by atomic mass is 127. The minimum atomic E-state index is 0. The van der Waals surface area contributed by atoms with Crippen molar-refractivity contribution in [2.75, 3.05) is 13.1 Å². The summed E-state index contributed by atoms with van der Waals surface area (Å²) >= 11 is 1.69.